The maximum atomic E-state index is 11.3. The molecule has 1 unspecified atom stereocenters. The van der Waals surface area contributed by atoms with Crippen LogP contribution in [-0.2, 0) is 14.1 Å². The van der Waals surface area contributed by atoms with Crippen LogP contribution in [-0.4, -0.2) is 28.0 Å². The summed E-state index contributed by atoms with van der Waals surface area (Å²) in [6.07, 6.45) is 9.14. The van der Waals surface area contributed by atoms with Crippen LogP contribution in [0.25, 0.3) is 0 Å². The molecule has 0 fully saturated rings. The third kappa shape index (κ3) is 11.4. The van der Waals surface area contributed by atoms with Gasteiger partial charge in [-0.15, -0.1) is 0 Å². The molecule has 0 aromatic rings. The summed E-state index contributed by atoms with van der Waals surface area (Å²) in [4.78, 5) is 29.1. The minimum atomic E-state index is -4.17. The van der Waals surface area contributed by atoms with Crippen LogP contribution in [0.4, 0.5) is 0 Å². The molecule has 5 nitrogen and oxygen atoms in total. The predicted octanol–water partition coefficient (Wildman–Crippen LogP) is 3.63. The minimum absolute atomic E-state index is 0.221. The lowest BCUT2D eigenvalue weighted by Gasteiger charge is -2.12. The van der Waals surface area contributed by atoms with Gasteiger partial charge in [0.25, 0.3) is 0 Å². The average molecular weight is 308 g/mol. The van der Waals surface area contributed by atoms with E-state index in [1.165, 1.54) is 39.0 Å². The zero-order chi connectivity index (χ0) is 15.4. The average Bonchev–Trinajstić information content (AvgIpc) is 2.35. The molecule has 0 heterocycles. The number of carbonyl (C=O) groups is 1. The lowest BCUT2D eigenvalue weighted by atomic mass is 10.1. The quantitative estimate of drug-likeness (QED) is 0.327. The van der Waals surface area contributed by atoms with Crippen molar-refractivity contribution in [3.63, 3.8) is 0 Å². The monoisotopic (exact) mass is 308 g/mol. The summed E-state index contributed by atoms with van der Waals surface area (Å²) in [6.45, 7) is 3.90. The largest absolute Gasteiger partial charge is 0.466 e. The number of ether oxygens (including phenoxy) is 1. The molecule has 0 aromatic carbocycles. The number of unbranched alkanes of at least 4 members (excludes halogenated alkanes) is 7. The number of esters is 1. The van der Waals surface area contributed by atoms with Gasteiger partial charge >= 0.3 is 13.6 Å². The van der Waals surface area contributed by atoms with E-state index >= 15 is 0 Å². The van der Waals surface area contributed by atoms with Crippen LogP contribution in [0, 0.1) is 0 Å². The smallest absolute Gasteiger partial charge is 0.328 e. The van der Waals surface area contributed by atoms with Crippen molar-refractivity contribution in [1.82, 2.24) is 0 Å². The van der Waals surface area contributed by atoms with Crippen molar-refractivity contribution in [2.24, 2.45) is 0 Å². The first kappa shape index (κ1) is 19.6. The zero-order valence-electron chi connectivity index (χ0n) is 12.7. The molecule has 0 rings (SSSR count). The molecular weight excluding hydrogens is 279 g/mol. The fraction of sp³-hybridized carbons (Fsp3) is 0.929. The molecule has 6 heteroatoms. The van der Waals surface area contributed by atoms with Gasteiger partial charge in [-0.25, -0.2) is 0 Å². The van der Waals surface area contributed by atoms with Crippen LogP contribution in [0.3, 0.4) is 0 Å². The van der Waals surface area contributed by atoms with Crippen molar-refractivity contribution in [2.75, 3.05) is 6.61 Å². The molecule has 0 bridgehead atoms. The lowest BCUT2D eigenvalue weighted by molar-refractivity contribution is -0.143. The molecule has 0 aromatic heterocycles. The highest BCUT2D eigenvalue weighted by Gasteiger charge is 2.26. The Morgan fingerprint density at radius 3 is 2.05 bits per heavy atom. The van der Waals surface area contributed by atoms with Gasteiger partial charge in [0.15, 0.2) is 0 Å². The summed E-state index contributed by atoms with van der Waals surface area (Å²) in [5, 5.41) is 0. The molecule has 1 atom stereocenters. The van der Waals surface area contributed by atoms with E-state index in [4.69, 9.17) is 14.5 Å². The molecule has 20 heavy (non-hydrogen) atoms. The van der Waals surface area contributed by atoms with Gasteiger partial charge in [0.2, 0.25) is 0 Å². The van der Waals surface area contributed by atoms with Crippen molar-refractivity contribution < 1.29 is 23.9 Å². The summed E-state index contributed by atoms with van der Waals surface area (Å²) in [5.74, 6) is -0.524. The first-order valence-electron chi connectivity index (χ1n) is 7.58. The van der Waals surface area contributed by atoms with Crippen molar-refractivity contribution in [2.45, 2.75) is 77.3 Å². The molecule has 120 valence electrons. The summed E-state index contributed by atoms with van der Waals surface area (Å²) in [5.41, 5.74) is -0.964. The Labute approximate surface area is 122 Å². The first-order chi connectivity index (χ1) is 9.38. The predicted molar refractivity (Wildman–Crippen MR) is 79.7 cm³/mol. The second kappa shape index (κ2) is 11.3. The van der Waals surface area contributed by atoms with Crippen LogP contribution < -0.4 is 0 Å². The fourth-order valence-corrected chi connectivity index (χ4v) is 2.23. The molecule has 0 saturated heterocycles. The lowest BCUT2D eigenvalue weighted by Crippen LogP contribution is -2.14. The first-order valence-corrected chi connectivity index (χ1v) is 9.27. The fourth-order valence-electron chi connectivity index (χ4n) is 1.84. The summed E-state index contributed by atoms with van der Waals surface area (Å²) >= 11 is 0. The van der Waals surface area contributed by atoms with E-state index in [0.717, 1.165) is 19.3 Å². The van der Waals surface area contributed by atoms with Gasteiger partial charge in [0.05, 0.1) is 18.7 Å². The van der Waals surface area contributed by atoms with Crippen LogP contribution in [0.1, 0.15) is 71.6 Å². The third-order valence-electron chi connectivity index (χ3n) is 3.30. The molecule has 0 aliphatic rings. The maximum Gasteiger partial charge on any atom is 0.328 e. The van der Waals surface area contributed by atoms with Crippen LogP contribution >= 0.6 is 7.60 Å². The minimum Gasteiger partial charge on any atom is -0.466 e. The third-order valence-corrected chi connectivity index (χ3v) is 4.63. The Morgan fingerprint density at radius 2 is 1.55 bits per heavy atom. The van der Waals surface area contributed by atoms with Gasteiger partial charge in [-0.3, -0.25) is 9.36 Å². The van der Waals surface area contributed by atoms with E-state index in [-0.39, 0.29) is 6.42 Å². The van der Waals surface area contributed by atoms with Gasteiger partial charge in [-0.1, -0.05) is 58.8 Å². The zero-order valence-corrected chi connectivity index (χ0v) is 13.6. The SMILES string of the molecule is CCCCCCCCCCOC(=O)CC(C)P(=O)(O)O. The Balaban J connectivity index is 3.42. The van der Waals surface area contributed by atoms with E-state index in [2.05, 4.69) is 6.92 Å². The molecule has 0 amide bonds. The molecule has 0 saturated carbocycles. The number of hydrogen-bond acceptors (Lipinski definition) is 3. The van der Waals surface area contributed by atoms with Crippen LogP contribution in [0.15, 0.2) is 0 Å². The van der Waals surface area contributed by atoms with Crippen LogP contribution in [0.5, 0.6) is 0 Å². The van der Waals surface area contributed by atoms with Crippen molar-refractivity contribution in [1.29, 1.82) is 0 Å². The standard InChI is InChI=1S/C14H29O5P/c1-3-4-5-6-7-8-9-10-11-19-14(15)12-13(2)20(16,17)18/h13H,3-12H2,1-2H3,(H2,16,17,18). The highest BCUT2D eigenvalue weighted by atomic mass is 31.2. The molecule has 0 spiro atoms. The Kier molecular flexibility index (Phi) is 11.1. The number of carbonyl (C=O) groups excluding carboxylic acids is 1. The molecule has 0 radical (unpaired) electrons. The number of rotatable bonds is 12. The highest BCUT2D eigenvalue weighted by Crippen LogP contribution is 2.42. The van der Waals surface area contributed by atoms with E-state index in [1.807, 2.05) is 0 Å². The molecule has 0 aliphatic heterocycles. The van der Waals surface area contributed by atoms with E-state index in [1.54, 1.807) is 0 Å². The Morgan fingerprint density at radius 1 is 1.05 bits per heavy atom. The van der Waals surface area contributed by atoms with Gasteiger partial charge in [0, 0.05) is 0 Å². The van der Waals surface area contributed by atoms with E-state index in [9.17, 15) is 9.36 Å². The normalized spacial score (nSPS) is 13.2. The van der Waals surface area contributed by atoms with Gasteiger partial charge in [0.1, 0.15) is 0 Å². The summed E-state index contributed by atoms with van der Waals surface area (Å²) < 4.78 is 15.8. The second-order valence-electron chi connectivity index (χ2n) is 5.34. The van der Waals surface area contributed by atoms with Crippen molar-refractivity contribution in [3.05, 3.63) is 0 Å². The molecular formula is C14H29O5P. The van der Waals surface area contributed by atoms with E-state index in [0.29, 0.717) is 6.61 Å². The van der Waals surface area contributed by atoms with Crippen LogP contribution in [0.2, 0.25) is 0 Å². The van der Waals surface area contributed by atoms with Crippen molar-refractivity contribution >= 4 is 13.6 Å². The van der Waals surface area contributed by atoms with Gasteiger partial charge in [-0.2, -0.15) is 0 Å². The van der Waals surface area contributed by atoms with E-state index < -0.39 is 19.2 Å². The molecule has 0 aliphatic carbocycles. The highest BCUT2D eigenvalue weighted by molar-refractivity contribution is 7.52. The molecule has 2 N–H and O–H groups in total. The van der Waals surface area contributed by atoms with Gasteiger partial charge < -0.3 is 14.5 Å². The van der Waals surface area contributed by atoms with Crippen molar-refractivity contribution in [3.8, 4) is 0 Å². The number of hydrogen-bond donors (Lipinski definition) is 2. The second-order valence-corrected chi connectivity index (χ2v) is 7.40. The Hall–Kier alpha value is -0.380. The summed E-state index contributed by atoms with van der Waals surface area (Å²) in [7, 11) is -4.17. The topological polar surface area (TPSA) is 83.8 Å². The van der Waals surface area contributed by atoms with Gasteiger partial charge in [-0.05, 0) is 6.42 Å². The maximum absolute atomic E-state index is 11.3. The summed E-state index contributed by atoms with van der Waals surface area (Å²) in [6, 6.07) is 0. The Bertz CT molecular complexity index is 300.